The fraction of sp³-hybridized carbons (Fsp3) is 0.462. The molecule has 0 saturated carbocycles. The second-order valence-corrected chi connectivity index (χ2v) is 8.08. The van der Waals surface area contributed by atoms with Gasteiger partial charge in [0.15, 0.2) is 9.84 Å². The quantitative estimate of drug-likeness (QED) is 0.883. The van der Waals surface area contributed by atoms with Crippen LogP contribution in [0.2, 0.25) is 0 Å². The van der Waals surface area contributed by atoms with E-state index in [1.807, 2.05) is 29.2 Å². The van der Waals surface area contributed by atoms with Crippen molar-refractivity contribution in [3.05, 3.63) is 34.3 Å². The number of aliphatic carboxylic acids is 1. The summed E-state index contributed by atoms with van der Waals surface area (Å²) in [7, 11) is -2.97. The molecule has 1 aromatic rings. The van der Waals surface area contributed by atoms with Gasteiger partial charge in [-0.05, 0) is 17.7 Å². The number of halogens is 1. The summed E-state index contributed by atoms with van der Waals surface area (Å²) < 4.78 is 23.8. The average Bonchev–Trinajstić information content (AvgIpc) is 2.36. The van der Waals surface area contributed by atoms with E-state index >= 15 is 0 Å². The van der Waals surface area contributed by atoms with Crippen molar-refractivity contribution in [1.29, 1.82) is 0 Å². The van der Waals surface area contributed by atoms with Crippen LogP contribution in [0.15, 0.2) is 28.7 Å². The molecule has 1 unspecified atom stereocenters. The molecule has 110 valence electrons. The zero-order valence-corrected chi connectivity index (χ0v) is 13.2. The summed E-state index contributed by atoms with van der Waals surface area (Å²) in [5, 5.41) is 9.09. The second kappa shape index (κ2) is 6.24. The largest absolute Gasteiger partial charge is 0.481 e. The van der Waals surface area contributed by atoms with E-state index in [1.165, 1.54) is 0 Å². The van der Waals surface area contributed by atoms with Crippen molar-refractivity contribution in [2.24, 2.45) is 0 Å². The van der Waals surface area contributed by atoms with E-state index in [-0.39, 0.29) is 24.0 Å². The highest BCUT2D eigenvalue weighted by Gasteiger charge is 2.29. The van der Waals surface area contributed by atoms with E-state index in [0.29, 0.717) is 13.1 Å². The van der Waals surface area contributed by atoms with Crippen molar-refractivity contribution < 1.29 is 18.3 Å². The molecule has 1 heterocycles. The molecule has 1 N–H and O–H groups in total. The predicted molar refractivity (Wildman–Crippen MR) is 79.4 cm³/mol. The Hall–Kier alpha value is -0.920. The molecule has 1 atom stereocenters. The van der Waals surface area contributed by atoms with E-state index in [9.17, 15) is 13.2 Å². The summed E-state index contributed by atoms with van der Waals surface area (Å²) in [4.78, 5) is 13.0. The third-order valence-corrected chi connectivity index (χ3v) is 5.52. The molecular weight excluding hydrogens is 346 g/mol. The van der Waals surface area contributed by atoms with E-state index < -0.39 is 15.8 Å². The lowest BCUT2D eigenvalue weighted by Gasteiger charge is -2.34. The Bertz CT molecular complexity index is 588. The molecule has 20 heavy (non-hydrogen) atoms. The smallest absolute Gasteiger partial charge is 0.305 e. The van der Waals surface area contributed by atoms with E-state index in [2.05, 4.69) is 15.9 Å². The number of sulfone groups is 1. The Kier molecular flexibility index (Phi) is 4.82. The minimum Gasteiger partial charge on any atom is -0.481 e. The van der Waals surface area contributed by atoms with Crippen molar-refractivity contribution >= 4 is 31.7 Å². The van der Waals surface area contributed by atoms with Crippen LogP contribution in [0.5, 0.6) is 0 Å². The molecule has 7 heteroatoms. The third kappa shape index (κ3) is 4.04. The van der Waals surface area contributed by atoms with Crippen LogP contribution in [-0.4, -0.2) is 49.0 Å². The monoisotopic (exact) mass is 361 g/mol. The summed E-state index contributed by atoms with van der Waals surface area (Å²) in [6.45, 7) is 0.763. The molecule has 0 spiro atoms. The molecular formula is C13H16BrNO4S. The van der Waals surface area contributed by atoms with Crippen LogP contribution in [-0.2, 0) is 14.6 Å². The van der Waals surface area contributed by atoms with Gasteiger partial charge in [0.25, 0.3) is 0 Å². The molecule has 1 fully saturated rings. The van der Waals surface area contributed by atoms with Crippen LogP contribution in [0, 0.1) is 0 Å². The maximum absolute atomic E-state index is 11.5. The Morgan fingerprint density at radius 2 is 2.00 bits per heavy atom. The van der Waals surface area contributed by atoms with Gasteiger partial charge in [0.1, 0.15) is 0 Å². The topological polar surface area (TPSA) is 74.7 Å². The standard InChI is InChI=1S/C13H16BrNO4S/c14-11-3-1-2-10(8-11)12(9-13(16)17)15-4-6-20(18,19)7-5-15/h1-3,8,12H,4-7,9H2,(H,16,17). The van der Waals surface area contributed by atoms with Crippen LogP contribution in [0.25, 0.3) is 0 Å². The molecule has 5 nitrogen and oxygen atoms in total. The molecule has 0 radical (unpaired) electrons. The van der Waals surface area contributed by atoms with Gasteiger partial charge in [-0.3, -0.25) is 9.69 Å². The lowest BCUT2D eigenvalue weighted by atomic mass is 10.0. The van der Waals surface area contributed by atoms with Gasteiger partial charge in [-0.15, -0.1) is 0 Å². The highest BCUT2D eigenvalue weighted by atomic mass is 79.9. The normalized spacial score (nSPS) is 20.4. The molecule has 1 aliphatic heterocycles. The van der Waals surface area contributed by atoms with Crippen LogP contribution < -0.4 is 0 Å². The average molecular weight is 362 g/mol. The van der Waals surface area contributed by atoms with Crippen molar-refractivity contribution in [3.8, 4) is 0 Å². The van der Waals surface area contributed by atoms with Crippen LogP contribution >= 0.6 is 15.9 Å². The first kappa shape index (κ1) is 15.5. The predicted octanol–water partition coefficient (Wildman–Crippen LogP) is 1.70. The first-order valence-corrected chi connectivity index (χ1v) is 8.90. The summed E-state index contributed by atoms with van der Waals surface area (Å²) in [5.74, 6) is -0.697. The van der Waals surface area contributed by atoms with Gasteiger partial charge in [0.2, 0.25) is 0 Å². The van der Waals surface area contributed by atoms with E-state index in [0.717, 1.165) is 10.0 Å². The maximum atomic E-state index is 11.5. The number of carbonyl (C=O) groups is 1. The molecule has 1 aromatic carbocycles. The van der Waals surface area contributed by atoms with Crippen LogP contribution in [0.1, 0.15) is 18.0 Å². The van der Waals surface area contributed by atoms with E-state index in [1.54, 1.807) is 0 Å². The Labute approximate surface area is 126 Å². The molecule has 0 aromatic heterocycles. The van der Waals surface area contributed by atoms with Gasteiger partial charge < -0.3 is 5.11 Å². The number of carboxylic acid groups (broad SMARTS) is 1. The summed E-state index contributed by atoms with van der Waals surface area (Å²) in [6, 6.07) is 7.20. The van der Waals surface area contributed by atoms with Gasteiger partial charge in [0, 0.05) is 23.6 Å². The molecule has 0 aliphatic carbocycles. The molecule has 0 amide bonds. The fourth-order valence-electron chi connectivity index (χ4n) is 2.38. The molecule has 2 rings (SSSR count). The first-order chi connectivity index (χ1) is 9.37. The number of rotatable bonds is 4. The second-order valence-electron chi connectivity index (χ2n) is 4.86. The van der Waals surface area contributed by atoms with Gasteiger partial charge >= 0.3 is 5.97 Å². The zero-order valence-electron chi connectivity index (χ0n) is 10.8. The van der Waals surface area contributed by atoms with Crippen molar-refractivity contribution in [3.63, 3.8) is 0 Å². The van der Waals surface area contributed by atoms with Gasteiger partial charge in [-0.2, -0.15) is 0 Å². The minimum atomic E-state index is -2.97. The van der Waals surface area contributed by atoms with Gasteiger partial charge in [-0.1, -0.05) is 28.1 Å². The first-order valence-electron chi connectivity index (χ1n) is 6.29. The third-order valence-electron chi connectivity index (χ3n) is 3.42. The molecule has 1 saturated heterocycles. The number of nitrogens with zero attached hydrogens (tertiary/aromatic N) is 1. The van der Waals surface area contributed by atoms with Gasteiger partial charge in [0.05, 0.1) is 17.9 Å². The number of benzene rings is 1. The zero-order chi connectivity index (χ0) is 14.8. The molecule has 1 aliphatic rings. The Morgan fingerprint density at radius 1 is 1.35 bits per heavy atom. The van der Waals surface area contributed by atoms with Crippen molar-refractivity contribution in [2.75, 3.05) is 24.6 Å². The number of carboxylic acids is 1. The van der Waals surface area contributed by atoms with Crippen LogP contribution in [0.4, 0.5) is 0 Å². The fourth-order valence-corrected chi connectivity index (χ4v) is 4.02. The van der Waals surface area contributed by atoms with E-state index in [4.69, 9.17) is 5.11 Å². The number of hydrogen-bond donors (Lipinski definition) is 1. The van der Waals surface area contributed by atoms with Crippen molar-refractivity contribution in [1.82, 2.24) is 4.90 Å². The van der Waals surface area contributed by atoms with Gasteiger partial charge in [-0.25, -0.2) is 8.42 Å². The number of hydrogen-bond acceptors (Lipinski definition) is 4. The lowest BCUT2D eigenvalue weighted by molar-refractivity contribution is -0.138. The Balaban J connectivity index is 2.22. The lowest BCUT2D eigenvalue weighted by Crippen LogP contribution is -2.42. The van der Waals surface area contributed by atoms with Crippen LogP contribution in [0.3, 0.4) is 0 Å². The highest BCUT2D eigenvalue weighted by molar-refractivity contribution is 9.10. The SMILES string of the molecule is O=C(O)CC(c1cccc(Br)c1)N1CCS(=O)(=O)CC1. The Morgan fingerprint density at radius 3 is 2.55 bits per heavy atom. The summed E-state index contributed by atoms with van der Waals surface area (Å²) in [5.41, 5.74) is 0.890. The molecule has 0 bridgehead atoms. The summed E-state index contributed by atoms with van der Waals surface area (Å²) >= 11 is 3.38. The van der Waals surface area contributed by atoms with Crippen molar-refractivity contribution in [2.45, 2.75) is 12.5 Å². The maximum Gasteiger partial charge on any atom is 0.305 e. The minimum absolute atomic E-state index is 0.0312. The summed E-state index contributed by atoms with van der Waals surface area (Å²) in [6.07, 6.45) is -0.0312. The highest BCUT2D eigenvalue weighted by Crippen LogP contribution is 2.28.